The van der Waals surface area contributed by atoms with E-state index in [0.717, 1.165) is 11.5 Å². The summed E-state index contributed by atoms with van der Waals surface area (Å²) in [4.78, 5) is 18.2. The van der Waals surface area contributed by atoms with E-state index < -0.39 is 0 Å². The molecule has 1 N–H and O–H groups in total. The van der Waals surface area contributed by atoms with Gasteiger partial charge in [0.1, 0.15) is 5.82 Å². The third-order valence-electron chi connectivity index (χ3n) is 2.95. The fourth-order valence-electron chi connectivity index (χ4n) is 1.75. The number of nitrogens with one attached hydrogen (secondary N) is 1. The molecule has 0 aliphatic heterocycles. The van der Waals surface area contributed by atoms with Crippen LogP contribution in [0.1, 0.15) is 16.2 Å². The van der Waals surface area contributed by atoms with Crippen molar-refractivity contribution in [3.63, 3.8) is 0 Å². The van der Waals surface area contributed by atoms with Gasteiger partial charge < -0.3 is 14.8 Å². The summed E-state index contributed by atoms with van der Waals surface area (Å²) in [5, 5.41) is 2.87. The number of carbonyl (C=O) groups excluding carboxylic acids is 1. The van der Waals surface area contributed by atoms with E-state index in [2.05, 4.69) is 10.3 Å². The lowest BCUT2D eigenvalue weighted by atomic mass is 10.2. The monoisotopic (exact) mass is 258 g/mol. The van der Waals surface area contributed by atoms with Crippen molar-refractivity contribution in [2.45, 2.75) is 6.54 Å². The molecule has 0 saturated carbocycles. The van der Waals surface area contributed by atoms with Crippen LogP contribution in [-0.2, 0) is 13.6 Å². The lowest BCUT2D eigenvalue weighted by Gasteiger charge is -2.13. The summed E-state index contributed by atoms with van der Waals surface area (Å²) in [6.07, 6.45) is 3.57. The van der Waals surface area contributed by atoms with E-state index >= 15 is 0 Å². The third kappa shape index (κ3) is 3.13. The number of imidazole rings is 1. The van der Waals surface area contributed by atoms with Crippen LogP contribution >= 0.6 is 0 Å². The fourth-order valence-corrected chi connectivity index (χ4v) is 1.75. The van der Waals surface area contributed by atoms with Gasteiger partial charge >= 0.3 is 0 Å². The van der Waals surface area contributed by atoms with Crippen molar-refractivity contribution in [3.8, 4) is 0 Å². The molecule has 0 fully saturated rings. The zero-order valence-electron chi connectivity index (χ0n) is 11.4. The number of hydrogen-bond donors (Lipinski definition) is 1. The maximum Gasteiger partial charge on any atom is 0.251 e. The highest BCUT2D eigenvalue weighted by Crippen LogP contribution is 2.13. The van der Waals surface area contributed by atoms with Crippen LogP contribution in [0.4, 0.5) is 5.69 Å². The Hall–Kier alpha value is -2.30. The van der Waals surface area contributed by atoms with E-state index in [1.165, 1.54) is 0 Å². The Labute approximate surface area is 112 Å². The maximum absolute atomic E-state index is 12.1. The predicted molar refractivity (Wildman–Crippen MR) is 75.1 cm³/mol. The van der Waals surface area contributed by atoms with Crippen molar-refractivity contribution < 1.29 is 4.79 Å². The topological polar surface area (TPSA) is 50.2 Å². The Bertz CT molecular complexity index is 574. The van der Waals surface area contributed by atoms with E-state index in [1.807, 2.05) is 55.0 Å². The van der Waals surface area contributed by atoms with Gasteiger partial charge in [-0.2, -0.15) is 0 Å². The maximum atomic E-state index is 12.1. The van der Waals surface area contributed by atoms with E-state index in [1.54, 1.807) is 12.3 Å². The molecule has 0 unspecified atom stereocenters. The Kier molecular flexibility index (Phi) is 3.85. The molecule has 5 nitrogen and oxygen atoms in total. The van der Waals surface area contributed by atoms with Crippen molar-refractivity contribution in [2.75, 3.05) is 19.0 Å². The number of carbonyl (C=O) groups is 1. The molecule has 1 aromatic carbocycles. The van der Waals surface area contributed by atoms with Crippen LogP contribution in [0.3, 0.4) is 0 Å². The average molecular weight is 258 g/mol. The van der Waals surface area contributed by atoms with Gasteiger partial charge in [-0.15, -0.1) is 0 Å². The van der Waals surface area contributed by atoms with Gasteiger partial charge in [-0.3, -0.25) is 4.79 Å². The lowest BCUT2D eigenvalue weighted by Crippen LogP contribution is -2.24. The van der Waals surface area contributed by atoms with Crippen molar-refractivity contribution in [1.29, 1.82) is 0 Å². The van der Waals surface area contributed by atoms with Crippen LogP contribution in [0, 0.1) is 0 Å². The summed E-state index contributed by atoms with van der Waals surface area (Å²) in [7, 11) is 5.80. The highest BCUT2D eigenvalue weighted by atomic mass is 16.1. The molecule has 0 saturated heterocycles. The fraction of sp³-hybridized carbons (Fsp3) is 0.286. The Morgan fingerprint density at radius 1 is 1.42 bits per heavy atom. The smallest absolute Gasteiger partial charge is 0.251 e. The molecule has 19 heavy (non-hydrogen) atoms. The first-order valence-electron chi connectivity index (χ1n) is 6.09. The number of amides is 1. The number of anilines is 1. The normalized spacial score (nSPS) is 10.3. The molecule has 1 heterocycles. The minimum Gasteiger partial charge on any atom is -0.378 e. The van der Waals surface area contributed by atoms with Gasteiger partial charge in [0.25, 0.3) is 5.91 Å². The molecule has 0 aliphatic rings. The molecule has 1 aromatic heterocycles. The van der Waals surface area contributed by atoms with Gasteiger partial charge in [-0.05, 0) is 18.2 Å². The molecule has 0 bridgehead atoms. The molecule has 0 aliphatic carbocycles. The van der Waals surface area contributed by atoms with Crippen LogP contribution in [0.25, 0.3) is 0 Å². The van der Waals surface area contributed by atoms with Crippen LogP contribution in [0.15, 0.2) is 36.7 Å². The highest BCUT2D eigenvalue weighted by Gasteiger charge is 2.08. The second-order valence-corrected chi connectivity index (χ2v) is 4.58. The second-order valence-electron chi connectivity index (χ2n) is 4.58. The van der Waals surface area contributed by atoms with Crippen LogP contribution in [0.5, 0.6) is 0 Å². The minimum atomic E-state index is -0.0910. The number of nitrogens with zero attached hydrogens (tertiary/aromatic N) is 3. The molecule has 0 spiro atoms. The molecule has 0 atom stereocenters. The Balaban J connectivity index is 2.04. The molecule has 100 valence electrons. The first-order chi connectivity index (χ1) is 9.08. The minimum absolute atomic E-state index is 0.0910. The summed E-state index contributed by atoms with van der Waals surface area (Å²) in [5.74, 6) is 0.740. The number of aromatic nitrogens is 2. The molecule has 5 heteroatoms. The summed E-state index contributed by atoms with van der Waals surface area (Å²) in [6.45, 7) is 0.425. The van der Waals surface area contributed by atoms with Gasteiger partial charge in [-0.1, -0.05) is 6.07 Å². The van der Waals surface area contributed by atoms with Crippen molar-refractivity contribution in [1.82, 2.24) is 14.9 Å². The lowest BCUT2D eigenvalue weighted by molar-refractivity contribution is 0.0949. The van der Waals surface area contributed by atoms with E-state index in [-0.39, 0.29) is 5.91 Å². The van der Waals surface area contributed by atoms with E-state index in [0.29, 0.717) is 12.1 Å². The van der Waals surface area contributed by atoms with Gasteiger partial charge in [0, 0.05) is 44.8 Å². The molecular formula is C14H18N4O. The molecule has 2 rings (SSSR count). The zero-order chi connectivity index (χ0) is 13.8. The number of hydrogen-bond acceptors (Lipinski definition) is 3. The standard InChI is InChI=1S/C14H18N4O/c1-17(2)12-6-4-5-11(9-12)14(19)16-10-13-15-7-8-18(13)3/h4-9H,10H2,1-3H3,(H,16,19). The highest BCUT2D eigenvalue weighted by molar-refractivity contribution is 5.95. The molecule has 0 radical (unpaired) electrons. The molecule has 1 amide bonds. The van der Waals surface area contributed by atoms with Crippen molar-refractivity contribution >= 4 is 11.6 Å². The Morgan fingerprint density at radius 2 is 2.21 bits per heavy atom. The first kappa shape index (κ1) is 13.1. The summed E-state index contributed by atoms with van der Waals surface area (Å²) < 4.78 is 1.89. The SMILES string of the molecule is CN(C)c1cccc(C(=O)NCc2nccn2C)c1. The summed E-state index contributed by atoms with van der Waals surface area (Å²) in [5.41, 5.74) is 1.66. The van der Waals surface area contributed by atoms with Crippen molar-refractivity contribution in [3.05, 3.63) is 48.0 Å². The van der Waals surface area contributed by atoms with Gasteiger partial charge in [-0.25, -0.2) is 4.98 Å². The second kappa shape index (κ2) is 5.56. The van der Waals surface area contributed by atoms with Gasteiger partial charge in [0.2, 0.25) is 0 Å². The van der Waals surface area contributed by atoms with Gasteiger partial charge in [0.15, 0.2) is 0 Å². The van der Waals surface area contributed by atoms with Crippen LogP contribution in [0.2, 0.25) is 0 Å². The van der Waals surface area contributed by atoms with Crippen LogP contribution in [-0.4, -0.2) is 29.6 Å². The van der Waals surface area contributed by atoms with Crippen molar-refractivity contribution in [2.24, 2.45) is 7.05 Å². The summed E-state index contributed by atoms with van der Waals surface area (Å²) in [6, 6.07) is 7.52. The number of benzene rings is 1. The largest absolute Gasteiger partial charge is 0.378 e. The van der Waals surface area contributed by atoms with Crippen LogP contribution < -0.4 is 10.2 Å². The number of aryl methyl sites for hydroxylation is 1. The number of rotatable bonds is 4. The zero-order valence-corrected chi connectivity index (χ0v) is 11.4. The third-order valence-corrected chi connectivity index (χ3v) is 2.95. The Morgan fingerprint density at radius 3 is 2.84 bits per heavy atom. The quantitative estimate of drug-likeness (QED) is 0.902. The molecule has 2 aromatic rings. The van der Waals surface area contributed by atoms with Gasteiger partial charge in [0.05, 0.1) is 6.54 Å². The molecular weight excluding hydrogens is 240 g/mol. The average Bonchev–Trinajstić information content (AvgIpc) is 2.81. The predicted octanol–water partition coefficient (Wildman–Crippen LogP) is 1.42. The van der Waals surface area contributed by atoms with E-state index in [4.69, 9.17) is 0 Å². The van der Waals surface area contributed by atoms with E-state index in [9.17, 15) is 4.79 Å². The summed E-state index contributed by atoms with van der Waals surface area (Å²) >= 11 is 0. The first-order valence-corrected chi connectivity index (χ1v) is 6.09.